The van der Waals surface area contributed by atoms with E-state index in [1.54, 1.807) is 18.3 Å². The van der Waals surface area contributed by atoms with Gasteiger partial charge in [0.25, 0.3) is 5.69 Å². The van der Waals surface area contributed by atoms with Gasteiger partial charge < -0.3 is 4.74 Å². The van der Waals surface area contributed by atoms with Crippen molar-refractivity contribution in [3.05, 3.63) is 64.0 Å². The Kier molecular flexibility index (Phi) is 4.24. The Hall–Kier alpha value is -2.94. The van der Waals surface area contributed by atoms with Gasteiger partial charge in [-0.05, 0) is 24.3 Å². The molecule has 0 unspecified atom stereocenters. The highest BCUT2D eigenvalue weighted by Crippen LogP contribution is 2.24. The maximum atomic E-state index is 10.8. The number of nitro benzene ring substituents is 1. The van der Waals surface area contributed by atoms with Crippen molar-refractivity contribution in [1.82, 2.24) is 4.98 Å². The number of benzene rings is 1. The lowest BCUT2D eigenvalue weighted by Gasteiger charge is -2.06. The fourth-order valence-corrected chi connectivity index (χ4v) is 1.67. The van der Waals surface area contributed by atoms with Crippen LogP contribution in [0.5, 0.6) is 5.75 Å². The van der Waals surface area contributed by atoms with Gasteiger partial charge in [-0.1, -0.05) is 6.07 Å². The third-order valence-corrected chi connectivity index (χ3v) is 2.64. The summed E-state index contributed by atoms with van der Waals surface area (Å²) in [5.41, 5.74) is 0.658. The summed E-state index contributed by atoms with van der Waals surface area (Å²) in [6, 6.07) is 11.6. The molecule has 0 atom stereocenters. The molecule has 0 N–H and O–H groups in total. The molecule has 0 saturated carbocycles. The monoisotopic (exact) mass is 269 g/mol. The van der Waals surface area contributed by atoms with Crippen molar-refractivity contribution < 1.29 is 9.66 Å². The normalized spacial score (nSPS) is 9.75. The number of nitriles is 1. The standard InChI is InChI=1S/C14H11N3O3/c15-10-11-4-5-13(9-14(11)17(18)19)20-8-6-12-3-1-2-7-16-12/h1-5,7,9H,6,8H2. The van der Waals surface area contributed by atoms with E-state index in [4.69, 9.17) is 10.00 Å². The lowest BCUT2D eigenvalue weighted by Crippen LogP contribution is -2.03. The van der Waals surface area contributed by atoms with Crippen molar-refractivity contribution in [3.8, 4) is 11.8 Å². The quantitative estimate of drug-likeness (QED) is 0.614. The lowest BCUT2D eigenvalue weighted by molar-refractivity contribution is -0.385. The Morgan fingerprint density at radius 2 is 2.20 bits per heavy atom. The molecule has 1 aromatic carbocycles. The third kappa shape index (κ3) is 3.29. The van der Waals surface area contributed by atoms with Gasteiger partial charge in [-0.2, -0.15) is 5.26 Å². The molecule has 1 aromatic heterocycles. The molecule has 0 saturated heterocycles. The highest BCUT2D eigenvalue weighted by atomic mass is 16.6. The van der Waals surface area contributed by atoms with E-state index in [-0.39, 0.29) is 11.3 Å². The third-order valence-electron chi connectivity index (χ3n) is 2.64. The fraction of sp³-hybridized carbons (Fsp3) is 0.143. The van der Waals surface area contributed by atoms with Crippen molar-refractivity contribution in [2.75, 3.05) is 6.61 Å². The number of nitro groups is 1. The van der Waals surface area contributed by atoms with Gasteiger partial charge in [-0.15, -0.1) is 0 Å². The summed E-state index contributed by atoms with van der Waals surface area (Å²) in [6.45, 7) is 0.361. The van der Waals surface area contributed by atoms with Crippen LogP contribution in [-0.4, -0.2) is 16.5 Å². The van der Waals surface area contributed by atoms with E-state index in [0.29, 0.717) is 18.8 Å². The molecule has 2 rings (SSSR count). The van der Waals surface area contributed by atoms with Crippen LogP contribution in [0, 0.1) is 21.4 Å². The zero-order valence-corrected chi connectivity index (χ0v) is 10.5. The van der Waals surface area contributed by atoms with Crippen LogP contribution in [0.1, 0.15) is 11.3 Å². The van der Waals surface area contributed by atoms with Crippen molar-refractivity contribution in [2.45, 2.75) is 6.42 Å². The van der Waals surface area contributed by atoms with Gasteiger partial charge in [0, 0.05) is 18.3 Å². The molecule has 6 nitrogen and oxygen atoms in total. The smallest absolute Gasteiger partial charge is 0.290 e. The summed E-state index contributed by atoms with van der Waals surface area (Å²) < 4.78 is 5.45. The molecular formula is C14H11N3O3. The molecule has 0 bridgehead atoms. The molecule has 6 heteroatoms. The van der Waals surface area contributed by atoms with Crippen LogP contribution < -0.4 is 4.74 Å². The van der Waals surface area contributed by atoms with Gasteiger partial charge >= 0.3 is 0 Å². The van der Waals surface area contributed by atoms with Gasteiger partial charge in [0.15, 0.2) is 0 Å². The van der Waals surface area contributed by atoms with Crippen molar-refractivity contribution in [1.29, 1.82) is 5.26 Å². The van der Waals surface area contributed by atoms with E-state index in [2.05, 4.69) is 4.98 Å². The number of ether oxygens (including phenoxy) is 1. The minimum Gasteiger partial charge on any atom is -0.493 e. The van der Waals surface area contributed by atoms with Crippen molar-refractivity contribution in [2.24, 2.45) is 0 Å². The largest absolute Gasteiger partial charge is 0.493 e. The first kappa shape index (κ1) is 13.5. The SMILES string of the molecule is N#Cc1ccc(OCCc2ccccn2)cc1[N+](=O)[O-]. The van der Waals surface area contributed by atoms with E-state index < -0.39 is 4.92 Å². The summed E-state index contributed by atoms with van der Waals surface area (Å²) in [4.78, 5) is 14.4. The first-order chi connectivity index (χ1) is 9.70. The first-order valence-corrected chi connectivity index (χ1v) is 5.92. The molecule has 0 amide bonds. The van der Waals surface area contributed by atoms with Crippen molar-refractivity contribution >= 4 is 5.69 Å². The fourth-order valence-electron chi connectivity index (χ4n) is 1.67. The average Bonchev–Trinajstić information content (AvgIpc) is 2.48. The van der Waals surface area contributed by atoms with Gasteiger partial charge in [0.2, 0.25) is 0 Å². The molecule has 0 aliphatic heterocycles. The Bertz CT molecular complexity index is 650. The first-order valence-electron chi connectivity index (χ1n) is 5.92. The molecule has 0 spiro atoms. The zero-order valence-electron chi connectivity index (χ0n) is 10.5. The Morgan fingerprint density at radius 1 is 1.35 bits per heavy atom. The summed E-state index contributed by atoms with van der Waals surface area (Å²) >= 11 is 0. The minimum atomic E-state index is -0.593. The molecule has 1 heterocycles. The molecule has 2 aromatic rings. The van der Waals surface area contributed by atoms with E-state index in [1.165, 1.54) is 12.1 Å². The highest BCUT2D eigenvalue weighted by molar-refractivity contribution is 5.52. The second-order valence-corrected chi connectivity index (χ2v) is 3.97. The van der Waals surface area contributed by atoms with E-state index in [9.17, 15) is 10.1 Å². The average molecular weight is 269 g/mol. The van der Waals surface area contributed by atoms with Gasteiger partial charge in [-0.25, -0.2) is 0 Å². The van der Waals surface area contributed by atoms with Crippen LogP contribution in [0.3, 0.4) is 0 Å². The predicted molar refractivity (Wildman–Crippen MR) is 71.2 cm³/mol. The maximum absolute atomic E-state index is 10.8. The maximum Gasteiger partial charge on any atom is 0.290 e. The van der Waals surface area contributed by atoms with Crippen LogP contribution in [0.25, 0.3) is 0 Å². The zero-order chi connectivity index (χ0) is 14.4. The Morgan fingerprint density at radius 3 is 2.85 bits per heavy atom. The highest BCUT2D eigenvalue weighted by Gasteiger charge is 2.14. The molecule has 0 radical (unpaired) electrons. The predicted octanol–water partition coefficient (Wildman–Crippen LogP) is 2.48. The molecule has 0 fully saturated rings. The molecule has 100 valence electrons. The molecule has 0 aliphatic rings. The van der Waals surface area contributed by atoms with Crippen LogP contribution >= 0.6 is 0 Å². The van der Waals surface area contributed by atoms with Gasteiger partial charge in [-0.3, -0.25) is 15.1 Å². The topological polar surface area (TPSA) is 89.0 Å². The Labute approximate surface area is 115 Å². The number of pyridine rings is 1. The van der Waals surface area contributed by atoms with Gasteiger partial charge in [0.05, 0.1) is 17.6 Å². The second-order valence-electron chi connectivity index (χ2n) is 3.97. The minimum absolute atomic E-state index is 0.0204. The second kappa shape index (κ2) is 6.29. The summed E-state index contributed by atoms with van der Waals surface area (Å²) in [5.74, 6) is 0.367. The summed E-state index contributed by atoms with van der Waals surface area (Å²) in [6.07, 6.45) is 2.30. The summed E-state index contributed by atoms with van der Waals surface area (Å²) in [7, 11) is 0. The van der Waals surface area contributed by atoms with Crippen LogP contribution in [-0.2, 0) is 6.42 Å². The number of aromatic nitrogens is 1. The summed E-state index contributed by atoms with van der Waals surface area (Å²) in [5, 5.41) is 19.6. The molecular weight excluding hydrogens is 258 g/mol. The Balaban J connectivity index is 2.02. The molecule has 0 aliphatic carbocycles. The van der Waals surface area contributed by atoms with Crippen LogP contribution in [0.15, 0.2) is 42.6 Å². The van der Waals surface area contributed by atoms with Crippen LogP contribution in [0.4, 0.5) is 5.69 Å². The molecule has 20 heavy (non-hydrogen) atoms. The van der Waals surface area contributed by atoms with Crippen molar-refractivity contribution in [3.63, 3.8) is 0 Å². The number of hydrogen-bond donors (Lipinski definition) is 0. The van der Waals surface area contributed by atoms with Gasteiger partial charge in [0.1, 0.15) is 17.4 Å². The van der Waals surface area contributed by atoms with E-state index in [0.717, 1.165) is 5.69 Å². The van der Waals surface area contributed by atoms with E-state index in [1.807, 2.05) is 18.2 Å². The number of nitrogens with zero attached hydrogens (tertiary/aromatic N) is 3. The van der Waals surface area contributed by atoms with E-state index >= 15 is 0 Å². The number of rotatable bonds is 5. The number of hydrogen-bond acceptors (Lipinski definition) is 5. The lowest BCUT2D eigenvalue weighted by atomic mass is 10.2. The van der Waals surface area contributed by atoms with Crippen LogP contribution in [0.2, 0.25) is 0 Å².